The van der Waals surface area contributed by atoms with Gasteiger partial charge in [-0.05, 0) is 24.0 Å². The zero-order chi connectivity index (χ0) is 14.3. The summed E-state index contributed by atoms with van der Waals surface area (Å²) in [6.07, 6.45) is 2.42. The lowest BCUT2D eigenvalue weighted by Gasteiger charge is -2.23. The predicted octanol–water partition coefficient (Wildman–Crippen LogP) is 2.01. The zero-order valence-corrected chi connectivity index (χ0v) is 11.4. The first-order valence-corrected chi connectivity index (χ1v) is 7.02. The standard InChI is InChI=1S/C15H18N2O3/c1-2-9-7-11(9)16-15(20)17-12-6-4-3-5-10(12)8-13(17)14(18)19/h3-6,9,11,13H,2,7-8H2,1H3,(H,16,20)(H,18,19)/t9?,11?,13-/m0/s1. The number of rotatable bonds is 3. The number of amides is 2. The fourth-order valence-electron chi connectivity index (χ4n) is 2.94. The van der Waals surface area contributed by atoms with Gasteiger partial charge in [-0.15, -0.1) is 0 Å². The molecule has 5 heteroatoms. The molecule has 3 atom stereocenters. The molecular weight excluding hydrogens is 256 g/mol. The molecule has 2 unspecified atom stereocenters. The topological polar surface area (TPSA) is 69.6 Å². The van der Waals surface area contributed by atoms with E-state index in [4.69, 9.17) is 0 Å². The average molecular weight is 274 g/mol. The highest BCUT2D eigenvalue weighted by Crippen LogP contribution is 2.35. The first kappa shape index (κ1) is 13.0. The summed E-state index contributed by atoms with van der Waals surface area (Å²) >= 11 is 0. The largest absolute Gasteiger partial charge is 0.480 e. The van der Waals surface area contributed by atoms with Gasteiger partial charge in [0.25, 0.3) is 0 Å². The predicted molar refractivity (Wildman–Crippen MR) is 74.8 cm³/mol. The number of hydrogen-bond acceptors (Lipinski definition) is 2. The fraction of sp³-hybridized carbons (Fsp3) is 0.467. The number of anilines is 1. The Balaban J connectivity index is 1.81. The van der Waals surface area contributed by atoms with E-state index in [1.165, 1.54) is 4.90 Å². The number of carbonyl (C=O) groups is 2. The Hall–Kier alpha value is -2.04. The number of hydrogen-bond donors (Lipinski definition) is 2. The average Bonchev–Trinajstić information content (AvgIpc) is 3.05. The summed E-state index contributed by atoms with van der Waals surface area (Å²) in [5.74, 6) is -0.417. The van der Waals surface area contributed by atoms with Crippen LogP contribution in [0.3, 0.4) is 0 Å². The molecule has 1 aromatic rings. The van der Waals surface area contributed by atoms with Gasteiger partial charge in [0.15, 0.2) is 0 Å². The number of nitrogens with zero attached hydrogens (tertiary/aromatic N) is 1. The minimum Gasteiger partial charge on any atom is -0.480 e. The van der Waals surface area contributed by atoms with Gasteiger partial charge >= 0.3 is 12.0 Å². The minimum absolute atomic E-state index is 0.203. The van der Waals surface area contributed by atoms with Crippen molar-refractivity contribution in [2.24, 2.45) is 5.92 Å². The first-order chi connectivity index (χ1) is 9.61. The Kier molecular flexibility index (Phi) is 3.12. The molecule has 2 aliphatic rings. The van der Waals surface area contributed by atoms with E-state index in [1.54, 1.807) is 0 Å². The van der Waals surface area contributed by atoms with Crippen LogP contribution in [0.5, 0.6) is 0 Å². The molecule has 3 rings (SSSR count). The van der Waals surface area contributed by atoms with Gasteiger partial charge in [0.1, 0.15) is 6.04 Å². The van der Waals surface area contributed by atoms with Crippen molar-refractivity contribution in [3.63, 3.8) is 0 Å². The second kappa shape index (κ2) is 4.81. The molecular formula is C15H18N2O3. The van der Waals surface area contributed by atoms with Crippen LogP contribution in [0.4, 0.5) is 10.5 Å². The fourth-order valence-corrected chi connectivity index (χ4v) is 2.94. The van der Waals surface area contributed by atoms with E-state index in [0.717, 1.165) is 18.4 Å². The molecule has 1 saturated carbocycles. The summed E-state index contributed by atoms with van der Waals surface area (Å²) in [5, 5.41) is 12.3. The van der Waals surface area contributed by atoms with Gasteiger partial charge in [-0.25, -0.2) is 9.59 Å². The number of nitrogens with one attached hydrogen (secondary N) is 1. The van der Waals surface area contributed by atoms with Crippen LogP contribution < -0.4 is 10.2 Å². The van der Waals surface area contributed by atoms with E-state index in [2.05, 4.69) is 12.2 Å². The molecule has 1 aliphatic heterocycles. The van der Waals surface area contributed by atoms with Crippen LogP contribution >= 0.6 is 0 Å². The molecule has 0 bridgehead atoms. The lowest BCUT2D eigenvalue weighted by atomic mass is 10.1. The quantitative estimate of drug-likeness (QED) is 0.885. The van der Waals surface area contributed by atoms with Crippen molar-refractivity contribution >= 4 is 17.7 Å². The van der Waals surface area contributed by atoms with Gasteiger partial charge in [-0.2, -0.15) is 0 Å². The van der Waals surface area contributed by atoms with Crippen molar-refractivity contribution in [1.29, 1.82) is 0 Å². The van der Waals surface area contributed by atoms with Crippen LogP contribution in [0, 0.1) is 5.92 Å². The van der Waals surface area contributed by atoms with Crippen LogP contribution in [-0.2, 0) is 11.2 Å². The van der Waals surface area contributed by atoms with E-state index in [-0.39, 0.29) is 12.1 Å². The highest BCUT2D eigenvalue weighted by molar-refractivity contribution is 6.01. The number of carbonyl (C=O) groups excluding carboxylic acids is 1. The molecule has 1 aliphatic carbocycles. The third-order valence-corrected chi connectivity index (χ3v) is 4.24. The summed E-state index contributed by atoms with van der Waals surface area (Å²) in [7, 11) is 0. The Morgan fingerprint density at radius 2 is 2.15 bits per heavy atom. The van der Waals surface area contributed by atoms with Crippen LogP contribution in [0.25, 0.3) is 0 Å². The van der Waals surface area contributed by atoms with Crippen molar-refractivity contribution in [3.8, 4) is 0 Å². The molecule has 1 heterocycles. The highest BCUT2D eigenvalue weighted by atomic mass is 16.4. The number of fused-ring (bicyclic) bond motifs is 1. The van der Waals surface area contributed by atoms with Gasteiger partial charge in [-0.3, -0.25) is 4.90 Å². The first-order valence-electron chi connectivity index (χ1n) is 7.02. The van der Waals surface area contributed by atoms with Crippen molar-refractivity contribution in [1.82, 2.24) is 5.32 Å². The summed E-state index contributed by atoms with van der Waals surface area (Å²) in [5.41, 5.74) is 1.63. The molecule has 0 aromatic heterocycles. The maximum Gasteiger partial charge on any atom is 0.327 e. The number of aliphatic carboxylic acids is 1. The lowest BCUT2D eigenvalue weighted by molar-refractivity contribution is -0.138. The molecule has 2 amide bonds. The molecule has 106 valence electrons. The monoisotopic (exact) mass is 274 g/mol. The van der Waals surface area contributed by atoms with Crippen LogP contribution in [0.1, 0.15) is 25.3 Å². The second-order valence-electron chi connectivity index (χ2n) is 5.52. The lowest BCUT2D eigenvalue weighted by Crippen LogP contribution is -2.48. The number of benzene rings is 1. The van der Waals surface area contributed by atoms with E-state index in [1.807, 2.05) is 24.3 Å². The number of carboxylic acid groups (broad SMARTS) is 1. The molecule has 0 spiro atoms. The normalized spacial score (nSPS) is 27.1. The van der Waals surface area contributed by atoms with Gasteiger partial charge in [-0.1, -0.05) is 31.5 Å². The van der Waals surface area contributed by atoms with E-state index in [9.17, 15) is 14.7 Å². The summed E-state index contributed by atoms with van der Waals surface area (Å²) < 4.78 is 0. The van der Waals surface area contributed by atoms with E-state index >= 15 is 0 Å². The molecule has 0 radical (unpaired) electrons. The van der Waals surface area contributed by atoms with Crippen molar-refractivity contribution in [2.75, 3.05) is 4.90 Å². The molecule has 2 N–H and O–H groups in total. The van der Waals surface area contributed by atoms with Crippen molar-refractivity contribution in [3.05, 3.63) is 29.8 Å². The molecule has 1 fully saturated rings. The van der Waals surface area contributed by atoms with Gasteiger partial charge in [0.2, 0.25) is 0 Å². The van der Waals surface area contributed by atoms with Gasteiger partial charge in [0, 0.05) is 18.2 Å². The molecule has 5 nitrogen and oxygen atoms in total. The van der Waals surface area contributed by atoms with Crippen LogP contribution in [-0.4, -0.2) is 29.2 Å². The smallest absolute Gasteiger partial charge is 0.327 e. The third kappa shape index (κ3) is 2.13. The third-order valence-electron chi connectivity index (χ3n) is 4.24. The Morgan fingerprint density at radius 3 is 2.80 bits per heavy atom. The van der Waals surface area contributed by atoms with Crippen LogP contribution in [0.15, 0.2) is 24.3 Å². The maximum atomic E-state index is 12.4. The summed E-state index contributed by atoms with van der Waals surface area (Å²) in [6, 6.07) is 6.50. The summed E-state index contributed by atoms with van der Waals surface area (Å²) in [4.78, 5) is 25.2. The van der Waals surface area contributed by atoms with E-state index < -0.39 is 12.0 Å². The number of urea groups is 1. The molecule has 20 heavy (non-hydrogen) atoms. The number of para-hydroxylation sites is 1. The Labute approximate surface area is 117 Å². The van der Waals surface area contributed by atoms with Crippen LogP contribution in [0.2, 0.25) is 0 Å². The molecule has 0 saturated heterocycles. The Morgan fingerprint density at radius 1 is 1.40 bits per heavy atom. The van der Waals surface area contributed by atoms with E-state index in [0.29, 0.717) is 18.0 Å². The summed E-state index contributed by atoms with van der Waals surface area (Å²) in [6.45, 7) is 2.10. The highest BCUT2D eigenvalue weighted by Gasteiger charge is 2.42. The Bertz CT molecular complexity index is 558. The number of carboxylic acids is 1. The van der Waals surface area contributed by atoms with Crippen molar-refractivity contribution in [2.45, 2.75) is 38.3 Å². The maximum absolute atomic E-state index is 12.4. The SMILES string of the molecule is CCC1CC1NC(=O)N1c2ccccc2C[C@H]1C(=O)O. The van der Waals surface area contributed by atoms with Gasteiger partial charge < -0.3 is 10.4 Å². The van der Waals surface area contributed by atoms with Gasteiger partial charge in [0.05, 0.1) is 0 Å². The zero-order valence-electron chi connectivity index (χ0n) is 11.4. The second-order valence-corrected chi connectivity index (χ2v) is 5.52. The molecule has 1 aromatic carbocycles. The minimum atomic E-state index is -0.959. The van der Waals surface area contributed by atoms with Crippen molar-refractivity contribution < 1.29 is 14.7 Å².